The van der Waals surface area contributed by atoms with E-state index in [2.05, 4.69) is 6.92 Å². The van der Waals surface area contributed by atoms with Crippen molar-refractivity contribution in [3.05, 3.63) is 29.8 Å². The minimum Gasteiger partial charge on any atom is -0.491 e. The lowest BCUT2D eigenvalue weighted by Gasteiger charge is -2.13. The van der Waals surface area contributed by atoms with Gasteiger partial charge in [-0.25, -0.2) is 4.79 Å². The van der Waals surface area contributed by atoms with E-state index in [4.69, 9.17) is 9.47 Å². The average Bonchev–Trinajstić information content (AvgIpc) is 2.29. The first kappa shape index (κ1) is 12.6. The summed E-state index contributed by atoms with van der Waals surface area (Å²) in [6.07, 6.45) is 1.08. The van der Waals surface area contributed by atoms with E-state index in [0.29, 0.717) is 17.9 Å². The van der Waals surface area contributed by atoms with Gasteiger partial charge in [-0.1, -0.05) is 13.0 Å². The Bertz CT molecular complexity index is 347. The third-order valence-electron chi connectivity index (χ3n) is 2.26. The summed E-state index contributed by atoms with van der Waals surface area (Å²) in [4.78, 5) is 11.5. The van der Waals surface area contributed by atoms with Crippen LogP contribution in [0.5, 0.6) is 5.75 Å². The first-order chi connectivity index (χ1) is 7.67. The Hall–Kier alpha value is -1.51. The highest BCUT2D eigenvalue weighted by atomic mass is 16.5. The van der Waals surface area contributed by atoms with Crippen molar-refractivity contribution in [2.75, 3.05) is 6.61 Å². The number of esters is 1. The van der Waals surface area contributed by atoms with Crippen LogP contribution in [-0.4, -0.2) is 18.7 Å². The lowest BCUT2D eigenvalue weighted by atomic mass is 10.2. The lowest BCUT2D eigenvalue weighted by molar-refractivity contribution is 0.0525. The monoisotopic (exact) mass is 222 g/mol. The molecule has 16 heavy (non-hydrogen) atoms. The average molecular weight is 222 g/mol. The Labute approximate surface area is 96.4 Å². The maximum absolute atomic E-state index is 11.5. The van der Waals surface area contributed by atoms with Crippen molar-refractivity contribution in [2.24, 2.45) is 0 Å². The van der Waals surface area contributed by atoms with Crippen LogP contribution < -0.4 is 4.74 Å². The standard InChI is InChI=1S/C13H18O3/c1-4-10(3)16-12-8-6-7-11(9-12)13(14)15-5-2/h6-10H,4-5H2,1-3H3/t10-/m1/s1. The molecule has 0 N–H and O–H groups in total. The van der Waals surface area contributed by atoms with Gasteiger partial charge in [0.2, 0.25) is 0 Å². The molecule has 3 nitrogen and oxygen atoms in total. The summed E-state index contributed by atoms with van der Waals surface area (Å²) in [6, 6.07) is 7.07. The largest absolute Gasteiger partial charge is 0.491 e. The van der Waals surface area contributed by atoms with Crippen molar-refractivity contribution in [1.29, 1.82) is 0 Å². The zero-order valence-corrected chi connectivity index (χ0v) is 10.0. The van der Waals surface area contributed by atoms with Gasteiger partial charge in [-0.2, -0.15) is 0 Å². The van der Waals surface area contributed by atoms with Gasteiger partial charge < -0.3 is 9.47 Å². The smallest absolute Gasteiger partial charge is 0.338 e. The molecule has 1 aromatic carbocycles. The molecule has 0 aliphatic rings. The number of carbonyl (C=O) groups is 1. The molecule has 0 aliphatic carbocycles. The van der Waals surface area contributed by atoms with E-state index in [1.807, 2.05) is 13.0 Å². The second kappa shape index (κ2) is 6.16. The SMILES string of the molecule is CCOC(=O)c1cccc(O[C@H](C)CC)c1. The fourth-order valence-electron chi connectivity index (χ4n) is 1.23. The number of carbonyl (C=O) groups excluding carboxylic acids is 1. The molecule has 0 amide bonds. The zero-order valence-electron chi connectivity index (χ0n) is 10.0. The molecule has 0 aromatic heterocycles. The van der Waals surface area contributed by atoms with Crippen LogP contribution in [0.4, 0.5) is 0 Å². The van der Waals surface area contributed by atoms with Crippen molar-refractivity contribution < 1.29 is 14.3 Å². The third kappa shape index (κ3) is 3.57. The van der Waals surface area contributed by atoms with Crippen LogP contribution in [0.3, 0.4) is 0 Å². The first-order valence-corrected chi connectivity index (χ1v) is 5.61. The second-order valence-corrected chi connectivity index (χ2v) is 3.59. The summed E-state index contributed by atoms with van der Waals surface area (Å²) in [6.45, 7) is 6.23. The summed E-state index contributed by atoms with van der Waals surface area (Å²) in [7, 11) is 0. The molecule has 0 radical (unpaired) electrons. The van der Waals surface area contributed by atoms with E-state index < -0.39 is 0 Å². The van der Waals surface area contributed by atoms with E-state index in [0.717, 1.165) is 6.42 Å². The van der Waals surface area contributed by atoms with Crippen LogP contribution in [-0.2, 0) is 4.74 Å². The van der Waals surface area contributed by atoms with Crippen molar-refractivity contribution >= 4 is 5.97 Å². The van der Waals surface area contributed by atoms with Crippen LogP contribution in [0, 0.1) is 0 Å². The number of hydrogen-bond donors (Lipinski definition) is 0. The molecule has 0 unspecified atom stereocenters. The molecule has 1 atom stereocenters. The maximum atomic E-state index is 11.5. The second-order valence-electron chi connectivity index (χ2n) is 3.59. The molecule has 0 aliphatic heterocycles. The molecule has 88 valence electrons. The van der Waals surface area contributed by atoms with E-state index in [1.165, 1.54) is 0 Å². The van der Waals surface area contributed by atoms with Gasteiger partial charge in [0, 0.05) is 0 Å². The van der Waals surface area contributed by atoms with Crippen LogP contribution in [0.15, 0.2) is 24.3 Å². The lowest BCUT2D eigenvalue weighted by Crippen LogP contribution is -2.10. The van der Waals surface area contributed by atoms with Crippen LogP contribution in [0.25, 0.3) is 0 Å². The summed E-state index contributed by atoms with van der Waals surface area (Å²) >= 11 is 0. The Balaban J connectivity index is 2.74. The predicted octanol–water partition coefficient (Wildman–Crippen LogP) is 3.04. The van der Waals surface area contributed by atoms with Gasteiger partial charge in [-0.3, -0.25) is 0 Å². The summed E-state index contributed by atoms with van der Waals surface area (Å²) in [5.41, 5.74) is 0.530. The minimum absolute atomic E-state index is 0.150. The van der Waals surface area contributed by atoms with E-state index in [1.54, 1.807) is 25.1 Å². The zero-order chi connectivity index (χ0) is 12.0. The number of benzene rings is 1. The van der Waals surface area contributed by atoms with Crippen LogP contribution in [0.1, 0.15) is 37.6 Å². The Morgan fingerprint density at radius 2 is 2.12 bits per heavy atom. The van der Waals surface area contributed by atoms with Gasteiger partial charge in [0.25, 0.3) is 0 Å². The number of hydrogen-bond acceptors (Lipinski definition) is 3. The van der Waals surface area contributed by atoms with Gasteiger partial charge >= 0.3 is 5.97 Å². The molecule has 0 heterocycles. The Morgan fingerprint density at radius 1 is 1.38 bits per heavy atom. The molecule has 0 bridgehead atoms. The van der Waals surface area contributed by atoms with Gasteiger partial charge in [0.15, 0.2) is 0 Å². The topological polar surface area (TPSA) is 35.5 Å². The molecule has 0 fully saturated rings. The fourth-order valence-corrected chi connectivity index (χ4v) is 1.23. The molecule has 1 rings (SSSR count). The van der Waals surface area contributed by atoms with E-state index in [9.17, 15) is 4.79 Å². The van der Waals surface area contributed by atoms with Crippen molar-refractivity contribution in [3.63, 3.8) is 0 Å². The fraction of sp³-hybridized carbons (Fsp3) is 0.462. The molecule has 0 saturated carbocycles. The highest BCUT2D eigenvalue weighted by Gasteiger charge is 2.08. The maximum Gasteiger partial charge on any atom is 0.338 e. The quantitative estimate of drug-likeness (QED) is 0.718. The molecule has 0 spiro atoms. The van der Waals surface area contributed by atoms with E-state index in [-0.39, 0.29) is 12.1 Å². The summed E-state index contributed by atoms with van der Waals surface area (Å²) in [5, 5.41) is 0. The van der Waals surface area contributed by atoms with Crippen LogP contribution in [0.2, 0.25) is 0 Å². The Morgan fingerprint density at radius 3 is 2.75 bits per heavy atom. The van der Waals surface area contributed by atoms with Crippen molar-refractivity contribution in [1.82, 2.24) is 0 Å². The molecule has 0 saturated heterocycles. The minimum atomic E-state index is -0.308. The third-order valence-corrected chi connectivity index (χ3v) is 2.26. The van der Waals surface area contributed by atoms with Crippen molar-refractivity contribution in [3.8, 4) is 5.75 Å². The van der Waals surface area contributed by atoms with E-state index >= 15 is 0 Å². The summed E-state index contributed by atoms with van der Waals surface area (Å²) in [5.74, 6) is 0.400. The van der Waals surface area contributed by atoms with Gasteiger partial charge in [-0.05, 0) is 38.5 Å². The van der Waals surface area contributed by atoms with Gasteiger partial charge in [-0.15, -0.1) is 0 Å². The Kier molecular flexibility index (Phi) is 4.83. The molecular weight excluding hydrogens is 204 g/mol. The molecule has 3 heteroatoms. The highest BCUT2D eigenvalue weighted by molar-refractivity contribution is 5.89. The molecular formula is C13H18O3. The number of rotatable bonds is 5. The molecule has 1 aromatic rings. The first-order valence-electron chi connectivity index (χ1n) is 5.61. The highest BCUT2D eigenvalue weighted by Crippen LogP contribution is 2.16. The van der Waals surface area contributed by atoms with Gasteiger partial charge in [0.05, 0.1) is 18.3 Å². The van der Waals surface area contributed by atoms with Crippen LogP contribution >= 0.6 is 0 Å². The predicted molar refractivity (Wildman–Crippen MR) is 62.8 cm³/mol. The van der Waals surface area contributed by atoms with Gasteiger partial charge in [0.1, 0.15) is 5.75 Å². The normalized spacial score (nSPS) is 11.9. The van der Waals surface area contributed by atoms with Crippen molar-refractivity contribution in [2.45, 2.75) is 33.3 Å². The summed E-state index contributed by atoms with van der Waals surface area (Å²) < 4.78 is 10.5. The number of ether oxygens (including phenoxy) is 2.